The Morgan fingerprint density at radius 1 is 1.40 bits per heavy atom. The Bertz CT molecular complexity index is 466. The third-order valence-corrected chi connectivity index (χ3v) is 3.41. The maximum Gasteiger partial charge on any atom is 0.287 e. The number of nitro groups is 1. The lowest BCUT2D eigenvalue weighted by molar-refractivity contribution is -0.385. The van der Waals surface area contributed by atoms with Crippen LogP contribution in [0.1, 0.15) is 0 Å². The SMILES string of the molecule is CN(C)S(=O)(=O)c1ccc([N+](=O)[O-])cn1. The first-order valence-corrected chi connectivity index (χ1v) is 5.32. The lowest BCUT2D eigenvalue weighted by Crippen LogP contribution is -2.23. The Hall–Kier alpha value is -1.54. The Morgan fingerprint density at radius 2 is 2.00 bits per heavy atom. The largest absolute Gasteiger partial charge is 0.287 e. The van der Waals surface area contributed by atoms with Crippen molar-refractivity contribution in [3.8, 4) is 0 Å². The highest BCUT2D eigenvalue weighted by Crippen LogP contribution is 2.14. The molecule has 0 atom stereocenters. The summed E-state index contributed by atoms with van der Waals surface area (Å²) in [5.74, 6) is 0. The molecule has 0 radical (unpaired) electrons. The molecule has 0 aromatic carbocycles. The van der Waals surface area contributed by atoms with Gasteiger partial charge in [0.2, 0.25) is 0 Å². The topological polar surface area (TPSA) is 93.4 Å². The van der Waals surface area contributed by atoms with Crippen LogP contribution in [0, 0.1) is 10.1 Å². The molecule has 1 aromatic rings. The van der Waals surface area contributed by atoms with E-state index in [1.165, 1.54) is 14.1 Å². The minimum atomic E-state index is -3.62. The number of hydrogen-bond acceptors (Lipinski definition) is 5. The number of pyridine rings is 1. The van der Waals surface area contributed by atoms with Crippen LogP contribution < -0.4 is 0 Å². The quantitative estimate of drug-likeness (QED) is 0.548. The molecule has 0 saturated carbocycles. The van der Waals surface area contributed by atoms with Crippen LogP contribution in [-0.4, -0.2) is 36.7 Å². The highest BCUT2D eigenvalue weighted by Gasteiger charge is 2.19. The molecule has 1 aromatic heterocycles. The summed E-state index contributed by atoms with van der Waals surface area (Å²) in [4.78, 5) is 13.2. The van der Waals surface area contributed by atoms with Gasteiger partial charge in [0, 0.05) is 20.2 Å². The fourth-order valence-corrected chi connectivity index (χ4v) is 1.62. The van der Waals surface area contributed by atoms with E-state index in [2.05, 4.69) is 4.98 Å². The van der Waals surface area contributed by atoms with E-state index in [-0.39, 0.29) is 10.7 Å². The summed E-state index contributed by atoms with van der Waals surface area (Å²) < 4.78 is 24.0. The molecule has 0 spiro atoms. The van der Waals surface area contributed by atoms with Gasteiger partial charge >= 0.3 is 0 Å². The Kier molecular flexibility index (Phi) is 3.01. The molecule has 0 amide bonds. The number of sulfonamides is 1. The van der Waals surface area contributed by atoms with Crippen molar-refractivity contribution in [3.05, 3.63) is 28.4 Å². The van der Waals surface area contributed by atoms with Gasteiger partial charge in [-0.25, -0.2) is 17.7 Å². The third-order valence-electron chi connectivity index (χ3n) is 1.68. The maximum atomic E-state index is 11.5. The molecule has 0 bridgehead atoms. The van der Waals surface area contributed by atoms with Gasteiger partial charge in [0.25, 0.3) is 15.7 Å². The van der Waals surface area contributed by atoms with Crippen LogP contribution in [0.15, 0.2) is 23.4 Å². The minimum Gasteiger partial charge on any atom is -0.258 e. The van der Waals surface area contributed by atoms with E-state index < -0.39 is 14.9 Å². The van der Waals surface area contributed by atoms with Gasteiger partial charge in [0.05, 0.1) is 4.92 Å². The fraction of sp³-hybridized carbons (Fsp3) is 0.286. The zero-order valence-corrected chi connectivity index (χ0v) is 8.93. The predicted octanol–water partition coefficient (Wildman–Crippen LogP) is 0.240. The first-order valence-electron chi connectivity index (χ1n) is 3.88. The van der Waals surface area contributed by atoms with Crippen molar-refractivity contribution >= 4 is 15.7 Å². The molecule has 0 aliphatic heterocycles. The molecule has 0 N–H and O–H groups in total. The molecule has 1 rings (SSSR count). The van der Waals surface area contributed by atoms with E-state index in [9.17, 15) is 18.5 Å². The van der Waals surface area contributed by atoms with Gasteiger partial charge in [0.15, 0.2) is 5.03 Å². The molecule has 0 fully saturated rings. The second kappa shape index (κ2) is 3.91. The average molecular weight is 231 g/mol. The number of hydrogen-bond donors (Lipinski definition) is 0. The van der Waals surface area contributed by atoms with Gasteiger partial charge in [-0.2, -0.15) is 0 Å². The molecule has 7 nitrogen and oxygen atoms in total. The van der Waals surface area contributed by atoms with Crippen LogP contribution in [0.3, 0.4) is 0 Å². The molecule has 8 heteroatoms. The van der Waals surface area contributed by atoms with Crippen molar-refractivity contribution < 1.29 is 13.3 Å². The van der Waals surface area contributed by atoms with Crippen LogP contribution in [0.4, 0.5) is 5.69 Å². The van der Waals surface area contributed by atoms with Crippen molar-refractivity contribution in [2.24, 2.45) is 0 Å². The lowest BCUT2D eigenvalue weighted by atomic mass is 10.4. The number of aromatic nitrogens is 1. The first-order chi connectivity index (χ1) is 6.85. The minimum absolute atomic E-state index is 0.210. The van der Waals surface area contributed by atoms with Crippen molar-refractivity contribution in [2.45, 2.75) is 5.03 Å². The van der Waals surface area contributed by atoms with Gasteiger partial charge < -0.3 is 0 Å². The summed E-state index contributed by atoms with van der Waals surface area (Å²) in [6.45, 7) is 0. The first kappa shape index (κ1) is 11.5. The lowest BCUT2D eigenvalue weighted by Gasteiger charge is -2.09. The fourth-order valence-electron chi connectivity index (χ4n) is 0.820. The van der Waals surface area contributed by atoms with Gasteiger partial charge in [-0.15, -0.1) is 0 Å². The predicted molar refractivity (Wildman–Crippen MR) is 51.8 cm³/mol. The molecular formula is C7H9N3O4S. The molecule has 0 unspecified atom stereocenters. The second-order valence-corrected chi connectivity index (χ2v) is 5.00. The summed E-state index contributed by atoms with van der Waals surface area (Å²) in [6.07, 6.45) is 0.913. The Labute approximate surface area is 86.6 Å². The van der Waals surface area contributed by atoms with Crippen molar-refractivity contribution in [2.75, 3.05) is 14.1 Å². The van der Waals surface area contributed by atoms with Gasteiger partial charge in [-0.05, 0) is 6.07 Å². The molecule has 0 aliphatic carbocycles. The molecule has 0 saturated heterocycles. The molecule has 1 heterocycles. The van der Waals surface area contributed by atoms with Crippen molar-refractivity contribution in [3.63, 3.8) is 0 Å². The third kappa shape index (κ3) is 2.28. The standard InChI is InChI=1S/C7H9N3O4S/c1-9(2)15(13,14)7-4-3-6(5-8-7)10(11)12/h3-5H,1-2H3. The smallest absolute Gasteiger partial charge is 0.258 e. The van der Waals surface area contributed by atoms with E-state index in [0.717, 1.165) is 22.6 Å². The summed E-state index contributed by atoms with van der Waals surface area (Å²) in [5.41, 5.74) is -0.243. The molecule has 15 heavy (non-hydrogen) atoms. The van der Waals surface area contributed by atoms with E-state index in [1.54, 1.807) is 0 Å². The molecular weight excluding hydrogens is 222 g/mol. The van der Waals surface area contributed by atoms with Crippen LogP contribution in [0.5, 0.6) is 0 Å². The average Bonchev–Trinajstić information content (AvgIpc) is 2.17. The summed E-state index contributed by atoms with van der Waals surface area (Å²) in [5, 5.41) is 10.1. The second-order valence-electron chi connectivity index (χ2n) is 2.90. The Balaban J connectivity index is 3.15. The molecule has 82 valence electrons. The van der Waals surface area contributed by atoms with Crippen molar-refractivity contribution in [1.82, 2.24) is 9.29 Å². The highest BCUT2D eigenvalue weighted by molar-refractivity contribution is 7.89. The van der Waals surface area contributed by atoms with Gasteiger partial charge in [0.1, 0.15) is 6.20 Å². The van der Waals surface area contributed by atoms with Crippen LogP contribution in [-0.2, 0) is 10.0 Å². The number of nitrogens with zero attached hydrogens (tertiary/aromatic N) is 3. The number of rotatable bonds is 3. The zero-order valence-electron chi connectivity index (χ0n) is 8.11. The van der Waals surface area contributed by atoms with Gasteiger partial charge in [-0.3, -0.25) is 10.1 Å². The Morgan fingerprint density at radius 3 is 2.33 bits per heavy atom. The van der Waals surface area contributed by atoms with E-state index in [4.69, 9.17) is 0 Å². The van der Waals surface area contributed by atoms with Gasteiger partial charge in [-0.1, -0.05) is 0 Å². The normalized spacial score (nSPS) is 11.7. The highest BCUT2D eigenvalue weighted by atomic mass is 32.2. The monoisotopic (exact) mass is 231 g/mol. The van der Waals surface area contributed by atoms with E-state index in [1.807, 2.05) is 0 Å². The summed E-state index contributed by atoms with van der Waals surface area (Å²) >= 11 is 0. The van der Waals surface area contributed by atoms with Crippen molar-refractivity contribution in [1.29, 1.82) is 0 Å². The summed E-state index contributed by atoms with van der Waals surface area (Å²) in [7, 11) is -0.901. The maximum absolute atomic E-state index is 11.5. The van der Waals surface area contributed by atoms with E-state index >= 15 is 0 Å². The van der Waals surface area contributed by atoms with E-state index in [0.29, 0.717) is 0 Å². The molecule has 0 aliphatic rings. The van der Waals surface area contributed by atoms with Crippen LogP contribution >= 0.6 is 0 Å². The van der Waals surface area contributed by atoms with Crippen LogP contribution in [0.25, 0.3) is 0 Å². The summed E-state index contributed by atoms with van der Waals surface area (Å²) in [6, 6.07) is 2.21. The van der Waals surface area contributed by atoms with Crippen LogP contribution in [0.2, 0.25) is 0 Å². The zero-order chi connectivity index (χ0) is 11.6.